The molecule has 0 rings (SSSR count). The molecule has 0 aliphatic rings. The van der Waals surface area contributed by atoms with Gasteiger partial charge in [-0.3, -0.25) is 0 Å². The molecule has 0 fully saturated rings. The van der Waals surface area contributed by atoms with Gasteiger partial charge in [0.15, 0.2) is 0 Å². The van der Waals surface area contributed by atoms with Crippen LogP contribution in [-0.2, 0) is 0 Å². The summed E-state index contributed by atoms with van der Waals surface area (Å²) in [5.41, 5.74) is 0. The Labute approximate surface area is 75.5 Å². The summed E-state index contributed by atoms with van der Waals surface area (Å²) >= 11 is 12.0. The maximum atomic E-state index is 6.02. The highest BCUT2D eigenvalue weighted by Gasteiger charge is 2.30. The van der Waals surface area contributed by atoms with Crippen LogP contribution in [0.4, 0.5) is 0 Å². The first-order valence-electron chi connectivity index (χ1n) is 3.50. The summed E-state index contributed by atoms with van der Waals surface area (Å²) in [5, 5.41) is 0. The molecule has 0 aromatic carbocycles. The van der Waals surface area contributed by atoms with Gasteiger partial charge in [0.25, 0.3) is 0 Å². The molecule has 0 saturated carbocycles. The Kier molecular flexibility index (Phi) is 4.51. The number of hydrogen-bond donors (Lipinski definition) is 0. The fourth-order valence-corrected chi connectivity index (χ4v) is 7.85. The highest BCUT2D eigenvalue weighted by Crippen LogP contribution is 2.19. The summed E-state index contributed by atoms with van der Waals surface area (Å²) in [6.45, 7) is 4.42. The second-order valence-electron chi connectivity index (χ2n) is 2.71. The van der Waals surface area contributed by atoms with E-state index < -0.39 is 15.8 Å². The number of nitrogens with zero attached hydrogens (tertiary/aromatic N) is 1. The van der Waals surface area contributed by atoms with Crippen LogP contribution in [0, 0.1) is 0 Å². The third kappa shape index (κ3) is 3.39. The van der Waals surface area contributed by atoms with E-state index in [-0.39, 0.29) is 0 Å². The first kappa shape index (κ1) is 11.0. The van der Waals surface area contributed by atoms with E-state index in [1.807, 2.05) is 13.6 Å². The zero-order chi connectivity index (χ0) is 8.36. The van der Waals surface area contributed by atoms with Gasteiger partial charge in [-0.1, -0.05) is 19.5 Å². The van der Waals surface area contributed by atoms with Crippen molar-refractivity contribution in [1.82, 2.24) is 4.23 Å². The van der Waals surface area contributed by atoms with E-state index in [0.29, 0.717) is 0 Å². The molecule has 1 unspecified atom stereocenters. The van der Waals surface area contributed by atoms with Crippen LogP contribution >= 0.6 is 22.2 Å². The van der Waals surface area contributed by atoms with Gasteiger partial charge in [-0.15, -0.1) is 22.2 Å². The van der Waals surface area contributed by atoms with Crippen molar-refractivity contribution in [3.8, 4) is 0 Å². The summed E-state index contributed by atoms with van der Waals surface area (Å²) in [4.78, 5) is 0. The Hall–Kier alpha value is 0.974. The van der Waals surface area contributed by atoms with Crippen LogP contribution in [0.1, 0.15) is 6.92 Å². The van der Waals surface area contributed by atoms with Gasteiger partial charge in [-0.05, 0) is 13.6 Å². The topological polar surface area (TPSA) is 3.24 Å². The van der Waals surface area contributed by atoms with Crippen molar-refractivity contribution in [2.45, 2.75) is 26.1 Å². The Morgan fingerprint density at radius 2 is 1.90 bits per heavy atom. The van der Waals surface area contributed by atoms with Gasteiger partial charge in [-0.2, -0.15) is 0 Å². The first-order valence-corrected chi connectivity index (χ1v) is 10.5. The minimum absolute atomic E-state index is 0.769. The smallest absolute Gasteiger partial charge is 0.315 e. The summed E-state index contributed by atoms with van der Waals surface area (Å²) in [7, 11) is 1.28. The van der Waals surface area contributed by atoms with Crippen LogP contribution in [0.15, 0.2) is 0 Å². The molecule has 0 aliphatic heterocycles. The monoisotopic (exact) mass is 215 g/mol. The maximum Gasteiger partial charge on any atom is 0.315 e. The van der Waals surface area contributed by atoms with Gasteiger partial charge in [-0.25, -0.2) is 0 Å². The number of hydrogen-bond acceptors (Lipinski definition) is 1. The summed E-state index contributed by atoms with van der Waals surface area (Å²) in [6, 6.07) is 1.23. The molecule has 10 heavy (non-hydrogen) atoms. The number of rotatable bonds is 3. The molecule has 0 spiro atoms. The van der Waals surface area contributed by atoms with Crippen molar-refractivity contribution in [3.05, 3.63) is 0 Å². The minimum Gasteiger partial charge on any atom is -0.327 e. The maximum absolute atomic E-state index is 6.02. The van der Waals surface area contributed by atoms with Gasteiger partial charge in [0.2, 0.25) is 0 Å². The average molecular weight is 216 g/mol. The van der Waals surface area contributed by atoms with Gasteiger partial charge < -0.3 is 4.23 Å². The fraction of sp³-hybridized carbons (Fsp3) is 1.00. The van der Waals surface area contributed by atoms with Crippen molar-refractivity contribution >= 4 is 38.0 Å². The zero-order valence-corrected chi connectivity index (χ0v) is 10.7. The van der Waals surface area contributed by atoms with Gasteiger partial charge >= 0.3 is 6.86 Å². The lowest BCUT2D eigenvalue weighted by molar-refractivity contribution is 0.804. The second-order valence-corrected chi connectivity index (χ2v) is 13.9. The Morgan fingerprint density at radius 1 is 1.50 bits per heavy atom. The molecular weight excluding hydrogens is 201 g/mol. The third-order valence-electron chi connectivity index (χ3n) is 1.87. The predicted octanol–water partition coefficient (Wildman–Crippen LogP) is 2.34. The summed E-state index contributed by atoms with van der Waals surface area (Å²) in [5.74, 6) is 0. The average Bonchev–Trinajstić information content (AvgIpc) is 1.83. The van der Waals surface area contributed by atoms with Crippen LogP contribution in [0.25, 0.3) is 0 Å². The van der Waals surface area contributed by atoms with E-state index >= 15 is 0 Å². The summed E-state index contributed by atoms with van der Waals surface area (Å²) in [6.07, 6.45) is 0. The lowest BCUT2D eigenvalue weighted by atomic mass is 11.0. The normalized spacial score (nSPS) is 15.9. The molecule has 5 heteroatoms. The lowest BCUT2D eigenvalue weighted by Gasteiger charge is -2.29. The molecule has 0 aromatic rings. The molecule has 0 aliphatic carbocycles. The van der Waals surface area contributed by atoms with E-state index in [2.05, 4.69) is 17.7 Å². The predicted molar refractivity (Wildman–Crippen MR) is 54.6 cm³/mol. The van der Waals surface area contributed by atoms with E-state index in [4.69, 9.17) is 22.2 Å². The van der Waals surface area contributed by atoms with Crippen molar-refractivity contribution in [1.29, 1.82) is 0 Å². The van der Waals surface area contributed by atoms with Crippen molar-refractivity contribution in [3.63, 3.8) is 0 Å². The van der Waals surface area contributed by atoms with Gasteiger partial charge in [0.1, 0.15) is 8.96 Å². The van der Waals surface area contributed by atoms with Gasteiger partial charge in [0.05, 0.1) is 0 Å². The SMILES string of the molecule is CC[SiH](C)N(C)[Si](C)(Cl)Cl. The lowest BCUT2D eigenvalue weighted by Crippen LogP contribution is -2.47. The first-order chi connectivity index (χ1) is 4.39. The number of halogens is 2. The van der Waals surface area contributed by atoms with Gasteiger partial charge in [0, 0.05) is 0 Å². The molecule has 1 atom stereocenters. The molecule has 0 N–H and O–H groups in total. The zero-order valence-electron chi connectivity index (χ0n) is 6.99. The quantitative estimate of drug-likeness (QED) is 0.517. The van der Waals surface area contributed by atoms with Crippen LogP contribution in [0.3, 0.4) is 0 Å². The van der Waals surface area contributed by atoms with E-state index in [0.717, 1.165) is 0 Å². The van der Waals surface area contributed by atoms with Crippen LogP contribution in [0.2, 0.25) is 19.1 Å². The van der Waals surface area contributed by atoms with E-state index in [9.17, 15) is 0 Å². The minimum atomic E-state index is -2.01. The molecule has 0 aromatic heterocycles. The Bertz CT molecular complexity index is 104. The highest BCUT2D eigenvalue weighted by molar-refractivity contribution is 7.44. The Morgan fingerprint density at radius 3 is 2.00 bits per heavy atom. The standard InChI is InChI=1S/C5H15Cl2NSi2/c1-5-9(3)8(2)10(4,6)7/h9H,5H2,1-4H3. The largest absolute Gasteiger partial charge is 0.327 e. The van der Waals surface area contributed by atoms with E-state index in [1.165, 1.54) is 6.04 Å². The van der Waals surface area contributed by atoms with Crippen LogP contribution in [0.5, 0.6) is 0 Å². The molecular formula is C5H15Cl2NSi2. The van der Waals surface area contributed by atoms with Crippen LogP contribution in [-0.4, -0.2) is 27.1 Å². The molecule has 0 radical (unpaired) electrons. The molecule has 62 valence electrons. The van der Waals surface area contributed by atoms with Crippen molar-refractivity contribution < 1.29 is 0 Å². The van der Waals surface area contributed by atoms with Crippen molar-refractivity contribution in [2.75, 3.05) is 7.05 Å². The molecule has 0 bridgehead atoms. The van der Waals surface area contributed by atoms with Crippen molar-refractivity contribution in [2.24, 2.45) is 0 Å². The molecule has 1 nitrogen and oxygen atoms in total. The van der Waals surface area contributed by atoms with Crippen LogP contribution < -0.4 is 0 Å². The fourth-order valence-electron chi connectivity index (χ4n) is 0.661. The molecule has 0 heterocycles. The highest BCUT2D eigenvalue weighted by atomic mass is 35.7. The Balaban J connectivity index is 3.94. The molecule has 0 amide bonds. The second kappa shape index (κ2) is 4.11. The van der Waals surface area contributed by atoms with E-state index in [1.54, 1.807) is 0 Å². The third-order valence-corrected chi connectivity index (χ3v) is 11.1. The summed E-state index contributed by atoms with van der Waals surface area (Å²) < 4.78 is 2.22. The molecule has 0 saturated heterocycles.